The van der Waals surface area contributed by atoms with Crippen LogP contribution in [-0.4, -0.2) is 13.0 Å². The summed E-state index contributed by atoms with van der Waals surface area (Å²) in [6.45, 7) is 0.607. The number of carbonyl (C=O) groups is 1. The van der Waals surface area contributed by atoms with Crippen molar-refractivity contribution in [2.45, 2.75) is 6.54 Å². The van der Waals surface area contributed by atoms with Gasteiger partial charge in [-0.05, 0) is 35.9 Å². The number of benzene rings is 2. The first kappa shape index (κ1) is 14.9. The van der Waals surface area contributed by atoms with Gasteiger partial charge in [0.05, 0.1) is 10.6 Å². The number of nitrogens with zero attached hydrogens (tertiary/aromatic N) is 1. The van der Waals surface area contributed by atoms with Gasteiger partial charge in [-0.1, -0.05) is 23.7 Å². The summed E-state index contributed by atoms with van der Waals surface area (Å²) >= 11 is 5.98. The van der Waals surface area contributed by atoms with E-state index in [1.165, 1.54) is 0 Å². The van der Waals surface area contributed by atoms with Crippen molar-refractivity contribution in [1.29, 1.82) is 5.26 Å². The Kier molecular flexibility index (Phi) is 4.81. The molecular formula is C16H14ClN3O. The fraction of sp³-hybridized carbons (Fsp3) is 0.125. The summed E-state index contributed by atoms with van der Waals surface area (Å²) in [4.78, 5) is 11.4. The van der Waals surface area contributed by atoms with E-state index in [1.807, 2.05) is 24.3 Å². The molecule has 0 saturated heterocycles. The molecule has 0 saturated carbocycles. The Balaban J connectivity index is 2.01. The molecule has 4 nitrogen and oxygen atoms in total. The van der Waals surface area contributed by atoms with E-state index in [-0.39, 0.29) is 5.91 Å². The number of amides is 1. The summed E-state index contributed by atoms with van der Waals surface area (Å²) < 4.78 is 0. The quantitative estimate of drug-likeness (QED) is 0.911. The van der Waals surface area contributed by atoms with Gasteiger partial charge in [0.25, 0.3) is 5.91 Å². The third-order valence-corrected chi connectivity index (χ3v) is 3.34. The van der Waals surface area contributed by atoms with Gasteiger partial charge in [-0.15, -0.1) is 0 Å². The molecule has 0 spiro atoms. The van der Waals surface area contributed by atoms with Crippen LogP contribution in [0.3, 0.4) is 0 Å². The zero-order chi connectivity index (χ0) is 15.2. The fourth-order valence-electron chi connectivity index (χ4n) is 1.84. The molecule has 0 bridgehead atoms. The molecule has 5 heteroatoms. The van der Waals surface area contributed by atoms with Gasteiger partial charge in [0.2, 0.25) is 0 Å². The van der Waals surface area contributed by atoms with Crippen LogP contribution in [0.4, 0.5) is 5.69 Å². The standard InChI is InChI=1S/C16H14ClN3O/c1-19-16(21)12-4-2-11(3-5-12)10-20-14-7-6-13(9-18)15(17)8-14/h2-8,20H,10H2,1H3,(H,19,21). The highest BCUT2D eigenvalue weighted by Gasteiger charge is 2.03. The Bertz CT molecular complexity index is 690. The highest BCUT2D eigenvalue weighted by atomic mass is 35.5. The van der Waals surface area contributed by atoms with E-state index in [2.05, 4.69) is 10.6 Å². The molecule has 0 heterocycles. The van der Waals surface area contributed by atoms with E-state index in [0.717, 1.165) is 11.3 Å². The van der Waals surface area contributed by atoms with Crippen LogP contribution >= 0.6 is 11.6 Å². The van der Waals surface area contributed by atoms with Crippen LogP contribution in [0.15, 0.2) is 42.5 Å². The normalized spacial score (nSPS) is 9.76. The van der Waals surface area contributed by atoms with Gasteiger partial charge in [-0.2, -0.15) is 5.26 Å². The minimum atomic E-state index is -0.103. The number of halogens is 1. The van der Waals surface area contributed by atoms with Gasteiger partial charge in [0.1, 0.15) is 6.07 Å². The third-order valence-electron chi connectivity index (χ3n) is 3.03. The number of nitriles is 1. The maximum atomic E-state index is 11.4. The second-order valence-corrected chi connectivity index (χ2v) is 4.84. The minimum Gasteiger partial charge on any atom is -0.381 e. The van der Waals surface area contributed by atoms with Crippen molar-refractivity contribution in [3.63, 3.8) is 0 Å². The molecule has 2 rings (SSSR count). The topological polar surface area (TPSA) is 64.9 Å². The number of carbonyl (C=O) groups excluding carboxylic acids is 1. The first-order valence-electron chi connectivity index (χ1n) is 6.38. The van der Waals surface area contributed by atoms with Gasteiger partial charge in [0, 0.05) is 24.8 Å². The Labute approximate surface area is 128 Å². The Hall–Kier alpha value is -2.51. The van der Waals surface area contributed by atoms with Gasteiger partial charge >= 0.3 is 0 Å². The molecule has 0 aliphatic rings. The van der Waals surface area contributed by atoms with E-state index in [0.29, 0.717) is 22.7 Å². The van der Waals surface area contributed by atoms with Crippen LogP contribution in [0.2, 0.25) is 5.02 Å². The molecular weight excluding hydrogens is 286 g/mol. The van der Waals surface area contributed by atoms with E-state index in [1.54, 1.807) is 31.3 Å². The predicted octanol–water partition coefficient (Wildman–Crippen LogP) is 3.18. The maximum Gasteiger partial charge on any atom is 0.251 e. The average molecular weight is 300 g/mol. The SMILES string of the molecule is CNC(=O)c1ccc(CNc2ccc(C#N)c(Cl)c2)cc1. The summed E-state index contributed by atoms with van der Waals surface area (Å²) in [7, 11) is 1.60. The van der Waals surface area contributed by atoms with E-state index in [9.17, 15) is 4.79 Å². The summed E-state index contributed by atoms with van der Waals surface area (Å²) in [6, 6.07) is 14.6. The Morgan fingerprint density at radius 3 is 2.52 bits per heavy atom. The summed E-state index contributed by atoms with van der Waals surface area (Å²) in [5.74, 6) is -0.103. The zero-order valence-corrected chi connectivity index (χ0v) is 12.2. The number of rotatable bonds is 4. The van der Waals surface area contributed by atoms with Crippen molar-refractivity contribution in [2.24, 2.45) is 0 Å². The van der Waals surface area contributed by atoms with Gasteiger partial charge in [-0.25, -0.2) is 0 Å². The molecule has 0 unspecified atom stereocenters. The third kappa shape index (κ3) is 3.74. The molecule has 2 aromatic rings. The van der Waals surface area contributed by atoms with Crippen molar-refractivity contribution >= 4 is 23.2 Å². The summed E-state index contributed by atoms with van der Waals surface area (Å²) in [6.07, 6.45) is 0. The summed E-state index contributed by atoms with van der Waals surface area (Å²) in [5, 5.41) is 15.1. The Morgan fingerprint density at radius 1 is 1.24 bits per heavy atom. The molecule has 0 aromatic heterocycles. The largest absolute Gasteiger partial charge is 0.381 e. The van der Waals surface area contributed by atoms with Crippen LogP contribution in [0.1, 0.15) is 21.5 Å². The lowest BCUT2D eigenvalue weighted by molar-refractivity contribution is 0.0963. The van der Waals surface area contributed by atoms with Crippen LogP contribution in [-0.2, 0) is 6.54 Å². The lowest BCUT2D eigenvalue weighted by Gasteiger charge is -2.08. The molecule has 0 aliphatic carbocycles. The molecule has 0 radical (unpaired) electrons. The average Bonchev–Trinajstić information content (AvgIpc) is 2.52. The first-order chi connectivity index (χ1) is 10.1. The van der Waals surface area contributed by atoms with Crippen molar-refractivity contribution < 1.29 is 4.79 Å². The second kappa shape index (κ2) is 6.78. The van der Waals surface area contributed by atoms with Gasteiger partial charge in [-0.3, -0.25) is 4.79 Å². The highest BCUT2D eigenvalue weighted by molar-refractivity contribution is 6.32. The number of hydrogen-bond donors (Lipinski definition) is 2. The predicted molar refractivity (Wildman–Crippen MR) is 83.3 cm³/mol. The van der Waals surface area contributed by atoms with E-state index >= 15 is 0 Å². The van der Waals surface area contributed by atoms with E-state index < -0.39 is 0 Å². The Morgan fingerprint density at radius 2 is 1.95 bits per heavy atom. The van der Waals surface area contributed by atoms with Crippen molar-refractivity contribution in [3.05, 3.63) is 64.2 Å². The molecule has 21 heavy (non-hydrogen) atoms. The minimum absolute atomic E-state index is 0.103. The second-order valence-electron chi connectivity index (χ2n) is 4.44. The lowest BCUT2D eigenvalue weighted by Crippen LogP contribution is -2.17. The van der Waals surface area contributed by atoms with Crippen molar-refractivity contribution in [3.8, 4) is 6.07 Å². The van der Waals surface area contributed by atoms with Crippen LogP contribution < -0.4 is 10.6 Å². The number of anilines is 1. The molecule has 1 amide bonds. The molecule has 0 aliphatic heterocycles. The lowest BCUT2D eigenvalue weighted by atomic mass is 10.1. The van der Waals surface area contributed by atoms with Crippen LogP contribution in [0.25, 0.3) is 0 Å². The molecule has 0 atom stereocenters. The van der Waals surface area contributed by atoms with Crippen LogP contribution in [0.5, 0.6) is 0 Å². The maximum absolute atomic E-state index is 11.4. The zero-order valence-electron chi connectivity index (χ0n) is 11.5. The van der Waals surface area contributed by atoms with Crippen molar-refractivity contribution in [1.82, 2.24) is 5.32 Å². The fourth-order valence-corrected chi connectivity index (χ4v) is 2.06. The summed E-state index contributed by atoms with van der Waals surface area (Å²) in [5.41, 5.74) is 2.97. The molecule has 2 N–H and O–H groups in total. The smallest absolute Gasteiger partial charge is 0.251 e. The number of hydrogen-bond acceptors (Lipinski definition) is 3. The van der Waals surface area contributed by atoms with Crippen LogP contribution in [0, 0.1) is 11.3 Å². The van der Waals surface area contributed by atoms with Gasteiger partial charge < -0.3 is 10.6 Å². The van der Waals surface area contributed by atoms with E-state index in [4.69, 9.17) is 16.9 Å². The highest BCUT2D eigenvalue weighted by Crippen LogP contribution is 2.20. The molecule has 106 valence electrons. The first-order valence-corrected chi connectivity index (χ1v) is 6.76. The van der Waals surface area contributed by atoms with Crippen molar-refractivity contribution in [2.75, 3.05) is 12.4 Å². The number of nitrogens with one attached hydrogen (secondary N) is 2. The molecule has 0 fully saturated rings. The monoisotopic (exact) mass is 299 g/mol. The van der Waals surface area contributed by atoms with Gasteiger partial charge in [0.15, 0.2) is 0 Å². The molecule has 2 aromatic carbocycles.